The van der Waals surface area contributed by atoms with Crippen molar-refractivity contribution in [2.45, 2.75) is 32.7 Å². The van der Waals surface area contributed by atoms with E-state index in [4.69, 9.17) is 0 Å². The second-order valence-electron chi connectivity index (χ2n) is 6.27. The summed E-state index contributed by atoms with van der Waals surface area (Å²) in [5.74, 6) is -0.101. The average molecular weight is 375 g/mol. The van der Waals surface area contributed by atoms with Gasteiger partial charge in [0, 0.05) is 12.1 Å². The van der Waals surface area contributed by atoms with E-state index in [1.807, 2.05) is 6.07 Å². The molecule has 0 aliphatic heterocycles. The first kappa shape index (κ1) is 20.0. The molecule has 0 fully saturated rings. The second kappa shape index (κ2) is 9.38. The van der Waals surface area contributed by atoms with Crippen molar-refractivity contribution in [3.8, 4) is 0 Å². The van der Waals surface area contributed by atoms with Crippen LogP contribution in [0.25, 0.3) is 0 Å². The lowest BCUT2D eigenvalue weighted by molar-refractivity contribution is 0.0953. The Balaban J connectivity index is 2.06. The minimum atomic E-state index is -3.41. The monoisotopic (exact) mass is 374 g/mol. The molecule has 140 valence electrons. The molecule has 0 unspecified atom stereocenters. The van der Waals surface area contributed by atoms with Gasteiger partial charge in [-0.25, -0.2) is 8.42 Å². The summed E-state index contributed by atoms with van der Waals surface area (Å²) in [6, 6.07) is 16.0. The Morgan fingerprint density at radius 2 is 1.65 bits per heavy atom. The van der Waals surface area contributed by atoms with Gasteiger partial charge in [0.25, 0.3) is 5.91 Å². The predicted octanol–water partition coefficient (Wildman–Crippen LogP) is 3.57. The van der Waals surface area contributed by atoms with Gasteiger partial charge in [0.15, 0.2) is 0 Å². The van der Waals surface area contributed by atoms with Crippen LogP contribution >= 0.6 is 0 Å². The number of nitrogens with zero attached hydrogens (tertiary/aromatic N) is 1. The maximum Gasteiger partial charge on any atom is 0.251 e. The topological polar surface area (TPSA) is 66.5 Å². The van der Waals surface area contributed by atoms with Gasteiger partial charge in [-0.2, -0.15) is 0 Å². The number of sulfonamides is 1. The molecular formula is C20H26N2O3S. The zero-order valence-corrected chi connectivity index (χ0v) is 16.1. The number of benzene rings is 2. The van der Waals surface area contributed by atoms with Crippen LogP contribution in [0, 0.1) is 0 Å². The Morgan fingerprint density at radius 3 is 2.23 bits per heavy atom. The van der Waals surface area contributed by atoms with Crippen molar-refractivity contribution in [1.82, 2.24) is 5.32 Å². The van der Waals surface area contributed by atoms with E-state index in [9.17, 15) is 13.2 Å². The molecule has 0 saturated heterocycles. The molecule has 0 bridgehead atoms. The molecule has 0 radical (unpaired) electrons. The van der Waals surface area contributed by atoms with Crippen molar-refractivity contribution in [3.05, 3.63) is 65.7 Å². The number of carbonyl (C=O) groups excluding carboxylic acids is 1. The highest BCUT2D eigenvalue weighted by Gasteiger charge is 2.17. The predicted molar refractivity (Wildman–Crippen MR) is 106 cm³/mol. The molecular weight excluding hydrogens is 348 g/mol. The zero-order valence-electron chi connectivity index (χ0n) is 15.3. The highest BCUT2D eigenvalue weighted by molar-refractivity contribution is 7.92. The molecule has 0 aromatic heterocycles. The molecule has 6 heteroatoms. The van der Waals surface area contributed by atoms with E-state index >= 15 is 0 Å². The third-order valence-electron chi connectivity index (χ3n) is 4.05. The van der Waals surface area contributed by atoms with Crippen molar-refractivity contribution < 1.29 is 13.2 Å². The van der Waals surface area contributed by atoms with Gasteiger partial charge in [-0.05, 0) is 36.2 Å². The first-order valence-corrected chi connectivity index (χ1v) is 10.7. The fourth-order valence-electron chi connectivity index (χ4n) is 2.60. The number of nitrogens with one attached hydrogen (secondary N) is 1. The molecule has 0 heterocycles. The maximum absolute atomic E-state index is 12.1. The van der Waals surface area contributed by atoms with Crippen LogP contribution in [-0.4, -0.2) is 27.1 Å². The van der Waals surface area contributed by atoms with Gasteiger partial charge in [0.2, 0.25) is 10.0 Å². The largest absolute Gasteiger partial charge is 0.352 e. The number of hydrogen-bond acceptors (Lipinski definition) is 3. The van der Waals surface area contributed by atoms with Gasteiger partial charge in [-0.15, -0.1) is 0 Å². The van der Waals surface area contributed by atoms with Crippen molar-refractivity contribution >= 4 is 21.6 Å². The summed E-state index contributed by atoms with van der Waals surface area (Å²) in [5.41, 5.74) is 2.02. The van der Waals surface area contributed by atoms with E-state index < -0.39 is 10.0 Å². The van der Waals surface area contributed by atoms with Crippen LogP contribution in [0.3, 0.4) is 0 Å². The van der Waals surface area contributed by atoms with Crippen molar-refractivity contribution in [2.75, 3.05) is 17.1 Å². The molecule has 26 heavy (non-hydrogen) atoms. The first-order chi connectivity index (χ1) is 12.4. The maximum atomic E-state index is 12.1. The Kier molecular flexibility index (Phi) is 7.21. The molecule has 0 aliphatic rings. The van der Waals surface area contributed by atoms with Crippen LogP contribution in [0.15, 0.2) is 54.6 Å². The normalized spacial score (nSPS) is 11.2. The number of carbonyl (C=O) groups is 1. The van der Waals surface area contributed by atoms with Gasteiger partial charge < -0.3 is 5.32 Å². The molecule has 2 rings (SSSR count). The van der Waals surface area contributed by atoms with E-state index in [2.05, 4.69) is 12.2 Å². The third kappa shape index (κ3) is 5.88. The summed E-state index contributed by atoms with van der Waals surface area (Å²) in [4.78, 5) is 12.1. The smallest absolute Gasteiger partial charge is 0.251 e. The van der Waals surface area contributed by atoms with E-state index in [1.165, 1.54) is 10.6 Å². The van der Waals surface area contributed by atoms with E-state index in [-0.39, 0.29) is 12.5 Å². The van der Waals surface area contributed by atoms with Gasteiger partial charge in [0.05, 0.1) is 18.5 Å². The standard InChI is InChI=1S/C20H26N2O3S/c1-3-4-8-15-21-20(23)18-13-11-17(12-14-18)16-22(26(2,24)25)19-9-6-5-7-10-19/h5-7,9-14H,3-4,8,15-16H2,1-2H3,(H,21,23). The van der Waals surface area contributed by atoms with Gasteiger partial charge in [-0.3, -0.25) is 9.10 Å². The molecule has 1 amide bonds. The lowest BCUT2D eigenvalue weighted by Gasteiger charge is -2.22. The third-order valence-corrected chi connectivity index (χ3v) is 5.19. The van der Waals surface area contributed by atoms with E-state index in [1.54, 1.807) is 48.5 Å². The Labute approximate surface area is 156 Å². The minimum Gasteiger partial charge on any atom is -0.352 e. The molecule has 2 aromatic rings. The van der Waals surface area contributed by atoms with E-state index in [0.29, 0.717) is 17.8 Å². The van der Waals surface area contributed by atoms with Crippen LogP contribution < -0.4 is 9.62 Å². The minimum absolute atomic E-state index is 0.101. The summed E-state index contributed by atoms with van der Waals surface area (Å²) in [7, 11) is -3.41. The van der Waals surface area contributed by atoms with E-state index in [0.717, 1.165) is 24.8 Å². The quantitative estimate of drug-likeness (QED) is 0.682. The van der Waals surface area contributed by atoms with Crippen LogP contribution in [0.5, 0.6) is 0 Å². The van der Waals surface area contributed by atoms with Crippen molar-refractivity contribution in [3.63, 3.8) is 0 Å². The first-order valence-electron chi connectivity index (χ1n) is 8.81. The van der Waals surface area contributed by atoms with Gasteiger partial charge in [0.1, 0.15) is 0 Å². The summed E-state index contributed by atoms with van der Waals surface area (Å²) < 4.78 is 25.6. The van der Waals surface area contributed by atoms with Crippen LogP contribution in [0.2, 0.25) is 0 Å². The lowest BCUT2D eigenvalue weighted by atomic mass is 10.1. The van der Waals surface area contributed by atoms with Crippen molar-refractivity contribution in [2.24, 2.45) is 0 Å². The molecule has 0 atom stereocenters. The van der Waals surface area contributed by atoms with Gasteiger partial charge in [-0.1, -0.05) is 50.1 Å². The summed E-state index contributed by atoms with van der Waals surface area (Å²) >= 11 is 0. The van der Waals surface area contributed by atoms with Crippen LogP contribution in [-0.2, 0) is 16.6 Å². The SMILES string of the molecule is CCCCCNC(=O)c1ccc(CN(c2ccccc2)S(C)(=O)=O)cc1. The lowest BCUT2D eigenvalue weighted by Crippen LogP contribution is -2.29. The summed E-state index contributed by atoms with van der Waals surface area (Å²) in [6.45, 7) is 3.02. The molecule has 0 aliphatic carbocycles. The fraction of sp³-hybridized carbons (Fsp3) is 0.350. The van der Waals surface area contributed by atoms with Crippen LogP contribution in [0.1, 0.15) is 42.1 Å². The Hall–Kier alpha value is -2.34. The number of hydrogen-bond donors (Lipinski definition) is 1. The molecule has 0 saturated carbocycles. The number of amides is 1. The van der Waals surface area contributed by atoms with Gasteiger partial charge >= 0.3 is 0 Å². The highest BCUT2D eigenvalue weighted by Crippen LogP contribution is 2.20. The number of rotatable bonds is 9. The van der Waals surface area contributed by atoms with Crippen LogP contribution in [0.4, 0.5) is 5.69 Å². The number of para-hydroxylation sites is 1. The molecule has 1 N–H and O–H groups in total. The summed E-state index contributed by atoms with van der Waals surface area (Å²) in [6.07, 6.45) is 4.38. The molecule has 5 nitrogen and oxygen atoms in total. The fourth-order valence-corrected chi connectivity index (χ4v) is 3.49. The number of unbranched alkanes of at least 4 members (excludes halogenated alkanes) is 2. The summed E-state index contributed by atoms with van der Waals surface area (Å²) in [5, 5.41) is 2.90. The highest BCUT2D eigenvalue weighted by atomic mass is 32.2. The zero-order chi connectivity index (χ0) is 19.0. The second-order valence-corrected chi connectivity index (χ2v) is 8.17. The number of anilines is 1. The molecule has 0 spiro atoms. The average Bonchev–Trinajstić information content (AvgIpc) is 2.63. The van der Waals surface area contributed by atoms with Crippen molar-refractivity contribution in [1.29, 1.82) is 0 Å². The molecule has 2 aromatic carbocycles. The Bertz CT molecular complexity index is 803. The Morgan fingerprint density at radius 1 is 1.00 bits per heavy atom.